The molecule has 1 N–H and O–H groups in total. The third kappa shape index (κ3) is 9.68. The third-order valence-electron chi connectivity index (χ3n) is 6.80. The standard InChI is InChI=1S/C30H32F3NO15/c1-13(35)34-25-22(44-15(3)37)11-29(28(41)42-6,48-18-7-8-19-20(30(31,32)33)10-24(40)47-21(19)9-18)49-27(25)26(46-17(5)39)23(45-16(4)38)12-43-14(2)36/h7-10,22-23,25-27H,11-12H2,1-6H3,(H,34,35)/t22-,23-,25-,26-,27-,29?/m1/s1. The fourth-order valence-corrected chi connectivity index (χ4v) is 5.13. The van der Waals surface area contributed by atoms with Crippen LogP contribution in [0.2, 0.25) is 0 Å². The van der Waals surface area contributed by atoms with Gasteiger partial charge in [-0.3, -0.25) is 24.0 Å². The normalized spacial score (nSPS) is 21.8. The van der Waals surface area contributed by atoms with Crippen molar-refractivity contribution in [2.75, 3.05) is 13.7 Å². The molecule has 3 rings (SSSR count). The van der Waals surface area contributed by atoms with E-state index in [1.807, 2.05) is 0 Å². The van der Waals surface area contributed by atoms with Gasteiger partial charge in [0.05, 0.1) is 25.1 Å². The van der Waals surface area contributed by atoms with Crippen LogP contribution in [0, 0.1) is 0 Å². The van der Waals surface area contributed by atoms with Gasteiger partial charge in [0.15, 0.2) is 12.2 Å². The van der Waals surface area contributed by atoms with E-state index in [1.165, 1.54) is 0 Å². The molecule has 1 aromatic carbocycles. The Morgan fingerprint density at radius 3 is 2.14 bits per heavy atom. The number of fused-ring (bicyclic) bond motifs is 1. The fourth-order valence-electron chi connectivity index (χ4n) is 5.13. The second-order valence-electron chi connectivity index (χ2n) is 10.7. The number of hydrogen-bond acceptors (Lipinski definition) is 15. The van der Waals surface area contributed by atoms with Crippen molar-refractivity contribution >= 4 is 46.7 Å². The van der Waals surface area contributed by atoms with Gasteiger partial charge in [0.25, 0.3) is 0 Å². The summed E-state index contributed by atoms with van der Waals surface area (Å²) < 4.78 is 84.0. The van der Waals surface area contributed by atoms with Crippen molar-refractivity contribution in [1.82, 2.24) is 5.32 Å². The smallest absolute Gasteiger partial charge is 0.417 e. The summed E-state index contributed by atoms with van der Waals surface area (Å²) in [6, 6.07) is 1.48. The molecule has 1 aliphatic heterocycles. The molecule has 2 aromatic rings. The van der Waals surface area contributed by atoms with Crippen LogP contribution in [0.15, 0.2) is 33.5 Å². The monoisotopic (exact) mass is 703 g/mol. The molecule has 268 valence electrons. The first kappa shape index (κ1) is 38.2. The molecule has 0 saturated carbocycles. The van der Waals surface area contributed by atoms with E-state index in [4.69, 9.17) is 37.6 Å². The van der Waals surface area contributed by atoms with E-state index >= 15 is 0 Å². The maximum Gasteiger partial charge on any atom is 0.417 e. The van der Waals surface area contributed by atoms with Crippen LogP contribution in [-0.4, -0.2) is 85.7 Å². The summed E-state index contributed by atoms with van der Waals surface area (Å²) in [5, 5.41) is 1.94. The number of carbonyl (C=O) groups is 6. The van der Waals surface area contributed by atoms with Gasteiger partial charge in [0, 0.05) is 52.1 Å². The molecule has 0 spiro atoms. The largest absolute Gasteiger partial charge is 0.464 e. The van der Waals surface area contributed by atoms with Crippen molar-refractivity contribution in [3.63, 3.8) is 0 Å². The second kappa shape index (κ2) is 15.3. The van der Waals surface area contributed by atoms with Crippen LogP contribution in [0.4, 0.5) is 13.2 Å². The maximum absolute atomic E-state index is 13.7. The molecule has 16 nitrogen and oxygen atoms in total. The summed E-state index contributed by atoms with van der Waals surface area (Å²) in [7, 11) is 0.910. The van der Waals surface area contributed by atoms with E-state index in [0.29, 0.717) is 0 Å². The highest BCUT2D eigenvalue weighted by Crippen LogP contribution is 2.40. The van der Waals surface area contributed by atoms with Crippen LogP contribution < -0.4 is 15.7 Å². The zero-order valence-electron chi connectivity index (χ0n) is 26.9. The van der Waals surface area contributed by atoms with Crippen LogP contribution in [0.25, 0.3) is 11.0 Å². The molecule has 1 unspecified atom stereocenters. The number of hydrogen-bond donors (Lipinski definition) is 1. The van der Waals surface area contributed by atoms with Gasteiger partial charge in [0.2, 0.25) is 5.91 Å². The van der Waals surface area contributed by atoms with Crippen molar-refractivity contribution in [2.24, 2.45) is 0 Å². The van der Waals surface area contributed by atoms with Gasteiger partial charge in [-0.05, 0) is 12.1 Å². The molecule has 0 bridgehead atoms. The van der Waals surface area contributed by atoms with Crippen LogP contribution in [0.5, 0.6) is 5.75 Å². The first-order valence-electron chi connectivity index (χ1n) is 14.3. The summed E-state index contributed by atoms with van der Waals surface area (Å²) >= 11 is 0. The molecule has 6 atom stereocenters. The van der Waals surface area contributed by atoms with Gasteiger partial charge in [-0.15, -0.1) is 0 Å². The number of halogens is 3. The molecule has 1 aliphatic rings. The molecular weight excluding hydrogens is 671 g/mol. The SMILES string of the molecule is COC(=O)C1(Oc2ccc3c(C(F)(F)F)cc(=O)oc3c2)C[C@@H](OC(C)=O)[C@@H](NC(C)=O)[C@H]([C@H](OC(C)=O)[C@@H](COC(C)=O)OC(C)=O)O1. The van der Waals surface area contributed by atoms with Crippen LogP contribution in [-0.2, 0) is 63.4 Å². The van der Waals surface area contributed by atoms with E-state index in [1.54, 1.807) is 0 Å². The number of carbonyl (C=O) groups excluding carboxylic acids is 6. The summed E-state index contributed by atoms with van der Waals surface area (Å²) in [6.45, 7) is 4.28. The highest BCUT2D eigenvalue weighted by Gasteiger charge is 2.60. The lowest BCUT2D eigenvalue weighted by atomic mass is 9.88. The molecule has 1 fully saturated rings. The van der Waals surface area contributed by atoms with Crippen LogP contribution in [0.1, 0.15) is 46.6 Å². The molecular formula is C30H32F3NO15. The first-order valence-corrected chi connectivity index (χ1v) is 14.3. The van der Waals surface area contributed by atoms with Crippen molar-refractivity contribution < 1.29 is 79.5 Å². The van der Waals surface area contributed by atoms with E-state index in [0.717, 1.165) is 59.9 Å². The third-order valence-corrected chi connectivity index (χ3v) is 6.80. The maximum atomic E-state index is 13.7. The topological polar surface area (TPSA) is 209 Å². The zero-order valence-corrected chi connectivity index (χ0v) is 26.9. The molecule has 1 aromatic heterocycles. The Morgan fingerprint density at radius 2 is 1.61 bits per heavy atom. The number of ether oxygens (including phenoxy) is 7. The average Bonchev–Trinajstić information content (AvgIpc) is 2.97. The quantitative estimate of drug-likeness (QED) is 0.201. The van der Waals surface area contributed by atoms with Gasteiger partial charge in [-0.25, -0.2) is 9.59 Å². The summed E-state index contributed by atoms with van der Waals surface area (Å²) in [5.41, 5.74) is -3.27. The molecule has 0 aliphatic carbocycles. The number of benzene rings is 1. The lowest BCUT2D eigenvalue weighted by Crippen LogP contribution is -2.70. The fraction of sp³-hybridized carbons (Fsp3) is 0.500. The Hall–Kier alpha value is -5.20. The van der Waals surface area contributed by atoms with Crippen molar-refractivity contribution in [3.05, 3.63) is 40.2 Å². The highest BCUT2D eigenvalue weighted by molar-refractivity contribution is 5.83. The summed E-state index contributed by atoms with van der Waals surface area (Å²) in [5.74, 6) is -8.96. The van der Waals surface area contributed by atoms with Crippen LogP contribution in [0.3, 0.4) is 0 Å². The van der Waals surface area contributed by atoms with Crippen molar-refractivity contribution in [2.45, 2.75) is 83.5 Å². The number of nitrogens with one attached hydrogen (secondary N) is 1. The summed E-state index contributed by atoms with van der Waals surface area (Å²) in [4.78, 5) is 86.3. The first-order chi connectivity index (χ1) is 22.8. The summed E-state index contributed by atoms with van der Waals surface area (Å²) in [6.07, 6.45) is -12.6. The molecule has 1 saturated heterocycles. The number of alkyl halides is 3. The number of esters is 5. The van der Waals surface area contributed by atoms with E-state index in [9.17, 15) is 46.7 Å². The molecule has 2 heterocycles. The minimum atomic E-state index is -4.95. The zero-order chi connectivity index (χ0) is 36.8. The van der Waals surface area contributed by atoms with Gasteiger partial charge >= 0.3 is 47.4 Å². The van der Waals surface area contributed by atoms with E-state index < -0.39 is 119 Å². The Balaban J connectivity index is 2.28. The Morgan fingerprint density at radius 1 is 0.959 bits per heavy atom. The lowest BCUT2D eigenvalue weighted by molar-refractivity contribution is -0.289. The van der Waals surface area contributed by atoms with Gasteiger partial charge < -0.3 is 42.9 Å². The van der Waals surface area contributed by atoms with Crippen molar-refractivity contribution in [3.8, 4) is 5.75 Å². The van der Waals surface area contributed by atoms with Gasteiger partial charge in [0.1, 0.15) is 30.1 Å². The predicted octanol–water partition coefficient (Wildman–Crippen LogP) is 1.71. The Bertz CT molecular complexity index is 1670. The number of methoxy groups -OCH3 is 1. The number of amides is 1. The second-order valence-corrected chi connectivity index (χ2v) is 10.7. The Kier molecular flexibility index (Phi) is 12.0. The predicted molar refractivity (Wildman–Crippen MR) is 153 cm³/mol. The molecule has 49 heavy (non-hydrogen) atoms. The van der Waals surface area contributed by atoms with E-state index in [-0.39, 0.29) is 6.07 Å². The van der Waals surface area contributed by atoms with E-state index in [2.05, 4.69) is 5.32 Å². The van der Waals surface area contributed by atoms with Gasteiger partial charge in [-0.1, -0.05) is 0 Å². The minimum Gasteiger partial charge on any atom is -0.464 e. The van der Waals surface area contributed by atoms with Crippen molar-refractivity contribution in [1.29, 1.82) is 0 Å². The molecule has 19 heteroatoms. The number of rotatable bonds is 11. The minimum absolute atomic E-state index is 0.254. The molecule has 1 amide bonds. The highest BCUT2D eigenvalue weighted by atomic mass is 19.4. The average molecular weight is 704 g/mol. The molecule has 0 radical (unpaired) electrons. The Labute approximate surface area is 275 Å². The van der Waals surface area contributed by atoms with Gasteiger partial charge in [-0.2, -0.15) is 13.2 Å². The van der Waals surface area contributed by atoms with Crippen LogP contribution >= 0.6 is 0 Å². The lowest BCUT2D eigenvalue weighted by Gasteiger charge is -2.48.